The third kappa shape index (κ3) is 6.22. The summed E-state index contributed by atoms with van der Waals surface area (Å²) in [4.78, 5) is 23.5. The summed E-state index contributed by atoms with van der Waals surface area (Å²) in [5, 5.41) is 14.4. The van der Waals surface area contributed by atoms with E-state index in [0.717, 1.165) is 32.5 Å². The molecule has 3 atom stereocenters. The van der Waals surface area contributed by atoms with E-state index in [4.69, 9.17) is 9.90 Å². The zero-order chi connectivity index (χ0) is 21.1. The number of likely N-dealkylation sites (tertiary alicyclic amines) is 1. The van der Waals surface area contributed by atoms with Gasteiger partial charge in [-0.2, -0.15) is 18.3 Å². The minimum absolute atomic E-state index is 0.239. The van der Waals surface area contributed by atoms with Crippen molar-refractivity contribution in [3.8, 4) is 0 Å². The van der Waals surface area contributed by atoms with Crippen molar-refractivity contribution in [1.29, 1.82) is 0 Å². The fraction of sp³-hybridized carbons (Fsp3) is 0.722. The minimum Gasteiger partial charge on any atom is -0.475 e. The van der Waals surface area contributed by atoms with E-state index in [9.17, 15) is 18.0 Å². The molecule has 1 aliphatic carbocycles. The molecule has 158 valence electrons. The number of fused-ring (bicyclic) bond motifs is 1. The number of carbonyl (C=O) groups excluding carboxylic acids is 1. The zero-order valence-corrected chi connectivity index (χ0v) is 16.2. The number of halogens is 3. The van der Waals surface area contributed by atoms with E-state index in [1.807, 2.05) is 31.8 Å². The van der Waals surface area contributed by atoms with Gasteiger partial charge in [0.25, 0.3) is 0 Å². The summed E-state index contributed by atoms with van der Waals surface area (Å²) in [6.07, 6.45) is 1.08. The van der Waals surface area contributed by atoms with Crippen LogP contribution in [-0.2, 0) is 23.2 Å². The number of aryl methyl sites for hydroxylation is 1. The van der Waals surface area contributed by atoms with Crippen LogP contribution in [0.1, 0.15) is 32.3 Å². The highest BCUT2D eigenvalue weighted by Gasteiger charge is 2.43. The second kappa shape index (κ2) is 8.93. The summed E-state index contributed by atoms with van der Waals surface area (Å²) in [6, 6.07) is 0.250. The largest absolute Gasteiger partial charge is 0.490 e. The number of aliphatic carboxylic acids is 1. The van der Waals surface area contributed by atoms with Gasteiger partial charge in [0.2, 0.25) is 5.91 Å². The lowest BCUT2D eigenvalue weighted by Gasteiger charge is -2.18. The maximum absolute atomic E-state index is 12.1. The third-order valence-electron chi connectivity index (χ3n) is 5.04. The normalized spacial score (nSPS) is 24.6. The fourth-order valence-electron chi connectivity index (χ4n) is 3.95. The Morgan fingerprint density at radius 2 is 1.82 bits per heavy atom. The first-order chi connectivity index (χ1) is 13.0. The van der Waals surface area contributed by atoms with Crippen molar-refractivity contribution in [1.82, 2.24) is 20.0 Å². The quantitative estimate of drug-likeness (QED) is 0.802. The molecule has 0 bridgehead atoms. The Kier molecular flexibility index (Phi) is 7.08. The standard InChI is InChI=1S/C16H26N4O.C2HF3O2/c1-11(2)18-16(21)13-4-14-9-20(10-15(14)5-13)8-12-6-17-19(3)7-12;3-2(4,5)1(6)7/h6-7,11,13-15H,4-5,8-10H2,1-3H3,(H,18,21);(H,6,7)/t13?,14-,15+;. The number of nitrogens with zero attached hydrogens (tertiary/aromatic N) is 3. The van der Waals surface area contributed by atoms with Crippen LogP contribution in [0.4, 0.5) is 13.2 Å². The van der Waals surface area contributed by atoms with Gasteiger partial charge in [0.1, 0.15) is 0 Å². The van der Waals surface area contributed by atoms with Gasteiger partial charge in [0.15, 0.2) is 0 Å². The Morgan fingerprint density at radius 3 is 2.21 bits per heavy atom. The molecule has 10 heteroatoms. The van der Waals surface area contributed by atoms with Gasteiger partial charge in [0, 0.05) is 50.4 Å². The molecule has 1 unspecified atom stereocenters. The van der Waals surface area contributed by atoms with Crippen molar-refractivity contribution < 1.29 is 27.9 Å². The first kappa shape index (κ1) is 22.2. The highest BCUT2D eigenvalue weighted by atomic mass is 19.4. The predicted octanol–water partition coefficient (Wildman–Crippen LogP) is 2.04. The highest BCUT2D eigenvalue weighted by molar-refractivity contribution is 5.79. The molecule has 1 aromatic heterocycles. The Morgan fingerprint density at radius 1 is 1.29 bits per heavy atom. The summed E-state index contributed by atoms with van der Waals surface area (Å²) in [5.74, 6) is -0.859. The molecular formula is C18H27F3N4O3. The summed E-state index contributed by atoms with van der Waals surface area (Å²) in [5.41, 5.74) is 1.28. The van der Waals surface area contributed by atoms with Crippen molar-refractivity contribution in [2.45, 2.75) is 45.5 Å². The predicted molar refractivity (Wildman–Crippen MR) is 95.2 cm³/mol. The van der Waals surface area contributed by atoms with Gasteiger partial charge in [-0.1, -0.05) is 0 Å². The second-order valence-corrected chi connectivity index (χ2v) is 7.87. The molecular weight excluding hydrogens is 377 g/mol. The van der Waals surface area contributed by atoms with E-state index in [1.54, 1.807) is 0 Å². The summed E-state index contributed by atoms with van der Waals surface area (Å²) < 4.78 is 33.6. The van der Waals surface area contributed by atoms with Crippen LogP contribution in [0.5, 0.6) is 0 Å². The summed E-state index contributed by atoms with van der Waals surface area (Å²) in [6.45, 7) is 7.31. The van der Waals surface area contributed by atoms with Crippen LogP contribution in [0, 0.1) is 17.8 Å². The number of hydrogen-bond donors (Lipinski definition) is 2. The first-order valence-electron chi connectivity index (χ1n) is 9.26. The molecule has 1 saturated heterocycles. The zero-order valence-electron chi connectivity index (χ0n) is 16.2. The van der Waals surface area contributed by atoms with Gasteiger partial charge in [0.05, 0.1) is 6.20 Å². The molecule has 0 spiro atoms. The Bertz CT molecular complexity index is 676. The molecule has 3 rings (SSSR count). The number of aromatic nitrogens is 2. The number of rotatable bonds is 4. The molecule has 7 nitrogen and oxygen atoms in total. The molecule has 28 heavy (non-hydrogen) atoms. The maximum Gasteiger partial charge on any atom is 0.490 e. The molecule has 2 heterocycles. The smallest absolute Gasteiger partial charge is 0.475 e. The number of carboxylic acids is 1. The number of alkyl halides is 3. The van der Waals surface area contributed by atoms with E-state index >= 15 is 0 Å². The number of hydrogen-bond acceptors (Lipinski definition) is 4. The Balaban J connectivity index is 0.000000345. The van der Waals surface area contributed by atoms with Crippen molar-refractivity contribution in [3.05, 3.63) is 18.0 Å². The van der Waals surface area contributed by atoms with Crippen LogP contribution in [-0.4, -0.2) is 57.0 Å². The highest BCUT2D eigenvalue weighted by Crippen LogP contribution is 2.42. The van der Waals surface area contributed by atoms with Gasteiger partial charge in [-0.15, -0.1) is 0 Å². The van der Waals surface area contributed by atoms with Crippen LogP contribution < -0.4 is 5.32 Å². The van der Waals surface area contributed by atoms with Gasteiger partial charge in [-0.25, -0.2) is 4.79 Å². The fourth-order valence-corrected chi connectivity index (χ4v) is 3.95. The van der Waals surface area contributed by atoms with Gasteiger partial charge in [-0.3, -0.25) is 14.4 Å². The average molecular weight is 404 g/mol. The lowest BCUT2D eigenvalue weighted by Crippen LogP contribution is -2.35. The topological polar surface area (TPSA) is 87.5 Å². The van der Waals surface area contributed by atoms with E-state index in [2.05, 4.69) is 21.5 Å². The first-order valence-corrected chi connectivity index (χ1v) is 9.26. The van der Waals surface area contributed by atoms with Crippen LogP contribution in [0.3, 0.4) is 0 Å². The van der Waals surface area contributed by atoms with E-state index in [1.165, 1.54) is 5.56 Å². The molecule has 1 aliphatic heterocycles. The molecule has 0 radical (unpaired) electrons. The molecule has 0 aromatic carbocycles. The lowest BCUT2D eigenvalue weighted by molar-refractivity contribution is -0.192. The van der Waals surface area contributed by atoms with Crippen molar-refractivity contribution in [2.24, 2.45) is 24.8 Å². The third-order valence-corrected chi connectivity index (χ3v) is 5.04. The van der Waals surface area contributed by atoms with Crippen molar-refractivity contribution in [3.63, 3.8) is 0 Å². The maximum atomic E-state index is 12.1. The van der Waals surface area contributed by atoms with Crippen molar-refractivity contribution in [2.75, 3.05) is 13.1 Å². The van der Waals surface area contributed by atoms with Crippen LogP contribution in [0.15, 0.2) is 12.4 Å². The summed E-state index contributed by atoms with van der Waals surface area (Å²) >= 11 is 0. The number of amides is 1. The van der Waals surface area contributed by atoms with E-state index < -0.39 is 12.1 Å². The van der Waals surface area contributed by atoms with Gasteiger partial charge >= 0.3 is 12.1 Å². The van der Waals surface area contributed by atoms with Crippen LogP contribution in [0.25, 0.3) is 0 Å². The monoisotopic (exact) mass is 404 g/mol. The van der Waals surface area contributed by atoms with Crippen LogP contribution in [0.2, 0.25) is 0 Å². The number of carboxylic acid groups (broad SMARTS) is 1. The van der Waals surface area contributed by atoms with Crippen LogP contribution >= 0.6 is 0 Å². The molecule has 2 fully saturated rings. The molecule has 1 amide bonds. The minimum atomic E-state index is -5.08. The Labute approximate surface area is 161 Å². The number of carbonyl (C=O) groups is 2. The average Bonchev–Trinajstić information content (AvgIpc) is 3.21. The molecule has 1 saturated carbocycles. The van der Waals surface area contributed by atoms with Crippen molar-refractivity contribution >= 4 is 11.9 Å². The number of nitrogens with one attached hydrogen (secondary N) is 1. The molecule has 1 aromatic rings. The SMILES string of the molecule is CC(C)NC(=O)C1C[C@@H]2CN(Cc3cnn(C)c3)C[C@@H]2C1.O=C(O)C(F)(F)F. The summed E-state index contributed by atoms with van der Waals surface area (Å²) in [7, 11) is 1.96. The van der Waals surface area contributed by atoms with Gasteiger partial charge < -0.3 is 10.4 Å². The molecule has 2 aliphatic rings. The lowest BCUT2D eigenvalue weighted by atomic mass is 10.0. The molecule has 2 N–H and O–H groups in total. The van der Waals surface area contributed by atoms with E-state index in [-0.39, 0.29) is 17.9 Å². The van der Waals surface area contributed by atoms with Gasteiger partial charge in [-0.05, 0) is 38.5 Å². The second-order valence-electron chi connectivity index (χ2n) is 7.87. The Hall–Kier alpha value is -2.10. The van der Waals surface area contributed by atoms with E-state index in [0.29, 0.717) is 11.8 Å².